The summed E-state index contributed by atoms with van der Waals surface area (Å²) >= 11 is 0. The number of nitrogens with one attached hydrogen (secondary N) is 2. The summed E-state index contributed by atoms with van der Waals surface area (Å²) in [4.78, 5) is 26.1. The van der Waals surface area contributed by atoms with Gasteiger partial charge in [0.2, 0.25) is 11.6 Å². The lowest BCUT2D eigenvalue weighted by atomic mass is 10.1. The summed E-state index contributed by atoms with van der Waals surface area (Å²) in [5, 5.41) is 13.8. The van der Waals surface area contributed by atoms with E-state index in [1.165, 1.54) is 12.8 Å². The number of hydrogen-bond donors (Lipinski definition) is 2. The number of rotatable bonds is 9. The highest BCUT2D eigenvalue weighted by atomic mass is 16.1. The third-order valence-electron chi connectivity index (χ3n) is 5.98. The number of nitrogens with zero attached hydrogens (tertiary/aromatic N) is 6. The lowest BCUT2D eigenvalue weighted by Gasteiger charge is -2.29. The lowest BCUT2D eigenvalue weighted by molar-refractivity contribution is 0.0949. The minimum Gasteiger partial charge on any atom is -0.351 e. The molecule has 164 valence electrons. The summed E-state index contributed by atoms with van der Waals surface area (Å²) in [6.45, 7) is 7.73. The average molecular weight is 423 g/mol. The van der Waals surface area contributed by atoms with E-state index in [1.807, 2.05) is 24.3 Å². The fraction of sp³-hybridized carbons (Fsp3) is 0.500. The third kappa shape index (κ3) is 4.82. The zero-order valence-corrected chi connectivity index (χ0v) is 18.2. The van der Waals surface area contributed by atoms with Crippen LogP contribution in [0.3, 0.4) is 0 Å². The van der Waals surface area contributed by atoms with Gasteiger partial charge in [-0.3, -0.25) is 4.79 Å². The van der Waals surface area contributed by atoms with E-state index in [1.54, 1.807) is 6.20 Å². The second-order valence-electron chi connectivity index (χ2n) is 7.84. The van der Waals surface area contributed by atoms with Crippen LogP contribution in [0.5, 0.6) is 0 Å². The van der Waals surface area contributed by atoms with Gasteiger partial charge in [-0.05, 0) is 50.2 Å². The van der Waals surface area contributed by atoms with Crippen molar-refractivity contribution < 1.29 is 4.79 Å². The number of likely N-dealkylation sites (N-methyl/N-ethyl adjacent to an activating group) is 1. The summed E-state index contributed by atoms with van der Waals surface area (Å²) in [7, 11) is 0. The minimum absolute atomic E-state index is 0.0496. The predicted molar refractivity (Wildman–Crippen MR) is 120 cm³/mol. The summed E-state index contributed by atoms with van der Waals surface area (Å²) in [6.07, 6.45) is 6.27. The van der Waals surface area contributed by atoms with Gasteiger partial charge in [0.05, 0.1) is 6.20 Å². The molecule has 1 fully saturated rings. The molecule has 9 heteroatoms. The molecular weight excluding hydrogens is 392 g/mol. The van der Waals surface area contributed by atoms with Crippen LogP contribution in [0.4, 0.5) is 11.6 Å². The Morgan fingerprint density at radius 2 is 1.87 bits per heavy atom. The van der Waals surface area contributed by atoms with E-state index in [-0.39, 0.29) is 5.91 Å². The highest BCUT2D eigenvalue weighted by Crippen LogP contribution is 2.33. The maximum Gasteiger partial charge on any atom is 0.251 e. The molecule has 0 spiro atoms. The molecule has 0 radical (unpaired) electrons. The van der Waals surface area contributed by atoms with Crippen LogP contribution in [0.1, 0.15) is 49.9 Å². The van der Waals surface area contributed by atoms with Gasteiger partial charge in [-0.2, -0.15) is 15.3 Å². The van der Waals surface area contributed by atoms with Gasteiger partial charge in [-0.25, -0.2) is 4.98 Å². The molecule has 1 amide bonds. The van der Waals surface area contributed by atoms with Gasteiger partial charge in [-0.1, -0.05) is 26.7 Å². The molecule has 1 aliphatic rings. The quantitative estimate of drug-likeness (QED) is 0.546. The number of carbonyl (C=O) groups is 1. The van der Waals surface area contributed by atoms with E-state index in [9.17, 15) is 4.79 Å². The number of fused-ring (bicyclic) bond motifs is 1. The maximum atomic E-state index is 12.5. The summed E-state index contributed by atoms with van der Waals surface area (Å²) < 4.78 is 0. The Hall–Kier alpha value is -3.07. The van der Waals surface area contributed by atoms with Crippen molar-refractivity contribution in [2.24, 2.45) is 0 Å². The number of amides is 1. The predicted octanol–water partition coefficient (Wildman–Crippen LogP) is 2.90. The molecule has 2 aromatic heterocycles. The number of anilines is 2. The molecule has 2 heterocycles. The largest absolute Gasteiger partial charge is 0.351 e. The molecule has 1 aliphatic carbocycles. The average Bonchev–Trinajstić information content (AvgIpc) is 3.49. The van der Waals surface area contributed by atoms with Crippen molar-refractivity contribution in [2.45, 2.75) is 45.6 Å². The molecule has 3 aromatic rings. The van der Waals surface area contributed by atoms with Gasteiger partial charge in [0, 0.05) is 30.4 Å². The third-order valence-corrected chi connectivity index (χ3v) is 5.98. The molecular formula is C22H30N8O. The topological polar surface area (TPSA) is 103 Å². The normalized spacial score (nSPS) is 14.4. The van der Waals surface area contributed by atoms with Gasteiger partial charge >= 0.3 is 0 Å². The van der Waals surface area contributed by atoms with Crippen molar-refractivity contribution >= 4 is 28.7 Å². The van der Waals surface area contributed by atoms with Crippen LogP contribution in [-0.4, -0.2) is 68.4 Å². The smallest absolute Gasteiger partial charge is 0.251 e. The van der Waals surface area contributed by atoms with Crippen LogP contribution in [-0.2, 0) is 0 Å². The Morgan fingerprint density at radius 3 is 2.58 bits per heavy atom. The fourth-order valence-corrected chi connectivity index (χ4v) is 4.16. The number of benzene rings is 1. The molecule has 1 saturated carbocycles. The Kier molecular flexibility index (Phi) is 6.71. The first-order valence-corrected chi connectivity index (χ1v) is 11.1. The number of hydrogen-bond acceptors (Lipinski definition) is 7. The first kappa shape index (κ1) is 21.2. The molecule has 0 aliphatic heterocycles. The SMILES string of the molecule is CCN(CC)CCNC(=O)c1ccc(N(c2ncc3n[nH]nc3n2)C2CCCC2)cc1. The zero-order valence-electron chi connectivity index (χ0n) is 18.2. The Labute approximate surface area is 182 Å². The van der Waals surface area contributed by atoms with Gasteiger partial charge < -0.3 is 15.1 Å². The van der Waals surface area contributed by atoms with Crippen LogP contribution in [0.2, 0.25) is 0 Å². The van der Waals surface area contributed by atoms with Gasteiger partial charge in [0.25, 0.3) is 5.91 Å². The maximum absolute atomic E-state index is 12.5. The van der Waals surface area contributed by atoms with Crippen molar-refractivity contribution in [3.63, 3.8) is 0 Å². The second kappa shape index (κ2) is 9.82. The van der Waals surface area contributed by atoms with Crippen molar-refractivity contribution in [2.75, 3.05) is 31.1 Å². The van der Waals surface area contributed by atoms with E-state index in [4.69, 9.17) is 0 Å². The minimum atomic E-state index is -0.0496. The first-order chi connectivity index (χ1) is 15.2. The van der Waals surface area contributed by atoms with Gasteiger partial charge in [0.1, 0.15) is 5.52 Å². The Bertz CT molecular complexity index is 992. The summed E-state index contributed by atoms with van der Waals surface area (Å²) in [5.74, 6) is 0.566. The molecule has 0 saturated heterocycles. The van der Waals surface area contributed by atoms with Crippen LogP contribution >= 0.6 is 0 Å². The Morgan fingerprint density at radius 1 is 1.13 bits per heavy atom. The molecule has 0 atom stereocenters. The zero-order chi connectivity index (χ0) is 21.6. The van der Waals surface area contributed by atoms with Crippen molar-refractivity contribution in [1.29, 1.82) is 0 Å². The van der Waals surface area contributed by atoms with Gasteiger partial charge in [-0.15, -0.1) is 5.10 Å². The number of aromatic nitrogens is 5. The van der Waals surface area contributed by atoms with Crippen LogP contribution in [0, 0.1) is 0 Å². The summed E-state index contributed by atoms with van der Waals surface area (Å²) in [6, 6.07) is 8.04. The number of carbonyl (C=O) groups excluding carboxylic acids is 1. The highest BCUT2D eigenvalue weighted by molar-refractivity contribution is 5.94. The van der Waals surface area contributed by atoms with E-state index in [0.717, 1.165) is 38.2 Å². The van der Waals surface area contributed by atoms with Crippen molar-refractivity contribution in [3.05, 3.63) is 36.0 Å². The second-order valence-corrected chi connectivity index (χ2v) is 7.84. The molecule has 1 aromatic carbocycles. The Balaban J connectivity index is 1.50. The van der Waals surface area contributed by atoms with Crippen molar-refractivity contribution in [1.82, 2.24) is 35.6 Å². The van der Waals surface area contributed by atoms with Crippen LogP contribution in [0.15, 0.2) is 30.5 Å². The molecule has 9 nitrogen and oxygen atoms in total. The lowest BCUT2D eigenvalue weighted by Crippen LogP contribution is -2.34. The molecule has 4 rings (SSSR count). The van der Waals surface area contributed by atoms with Crippen LogP contribution in [0.25, 0.3) is 11.2 Å². The molecule has 0 bridgehead atoms. The first-order valence-electron chi connectivity index (χ1n) is 11.1. The number of H-pyrrole nitrogens is 1. The van der Waals surface area contributed by atoms with E-state index in [2.05, 4.69) is 54.3 Å². The molecule has 31 heavy (non-hydrogen) atoms. The monoisotopic (exact) mass is 422 g/mol. The molecule has 0 unspecified atom stereocenters. The fourth-order valence-electron chi connectivity index (χ4n) is 4.16. The van der Waals surface area contributed by atoms with E-state index < -0.39 is 0 Å². The molecule has 2 N–H and O–H groups in total. The number of aromatic amines is 1. The van der Waals surface area contributed by atoms with Gasteiger partial charge in [0.15, 0.2) is 0 Å². The van der Waals surface area contributed by atoms with E-state index in [0.29, 0.717) is 35.3 Å². The summed E-state index contributed by atoms with van der Waals surface area (Å²) in [5.41, 5.74) is 2.83. The van der Waals surface area contributed by atoms with E-state index >= 15 is 0 Å². The van der Waals surface area contributed by atoms with Crippen molar-refractivity contribution in [3.8, 4) is 0 Å². The highest BCUT2D eigenvalue weighted by Gasteiger charge is 2.27. The standard InChI is InChI=1S/C22H30N8O/c1-3-29(4-2)14-13-23-21(31)16-9-11-18(12-10-16)30(17-7-5-6-8-17)22-24-15-19-20(25-22)27-28-26-19/h9-12,15,17H,3-8,13-14H2,1-2H3,(H,23,31)(H,24,25,26,27,28). The van der Waals surface area contributed by atoms with Crippen LogP contribution < -0.4 is 10.2 Å².